The monoisotopic (exact) mass is 813 g/mol. The highest BCUT2D eigenvalue weighted by atomic mass is 79.9. The molecule has 1 aromatic rings. The normalized spacial score (nSPS) is 28.7. The smallest absolute Gasteiger partial charge is 0.243 e. The van der Waals surface area contributed by atoms with E-state index in [1.807, 2.05) is 70.5 Å². The van der Waals surface area contributed by atoms with Crippen LogP contribution in [0.25, 0.3) is 0 Å². The molecule has 8 atom stereocenters. The molecule has 0 aromatic heterocycles. The standard InChI is InChI=1S/C41H58BrN4O8/c1-6-7-11-37(47)44-34-22-28(3)35(53-30(34)5)18-12-27(2)13-19-36-40(50)41(26-52-41)24-33(54-36)23-38(48)46-45-29(4)31-14-16-32(17-15-31)51-21-10-8-9-20-43-39(49)25-42/h6-7,11-17,19,28,30,33-36,40,50H,8-10,18,20-26H2,1-5H3,(H,43,49)(H,44,47)(H,46,48)/b11-7-,19-13+,27-12+,45-29+/t28-,30+,33+,34+,35-,36+,40+,41+/m0/s1. The number of aliphatic hydroxyl groups is 1. The van der Waals surface area contributed by atoms with Crippen LogP contribution in [0.4, 0.5) is 0 Å². The van der Waals surface area contributed by atoms with Gasteiger partial charge in [-0.1, -0.05) is 59.7 Å². The number of epoxide rings is 1. The number of hydrogen-bond acceptors (Lipinski definition) is 9. The van der Waals surface area contributed by atoms with Gasteiger partial charge in [0.25, 0.3) is 0 Å². The molecule has 0 saturated carbocycles. The van der Waals surface area contributed by atoms with Crippen molar-refractivity contribution < 1.29 is 38.4 Å². The molecule has 3 aliphatic heterocycles. The van der Waals surface area contributed by atoms with E-state index < -0.39 is 23.9 Å². The van der Waals surface area contributed by atoms with E-state index in [4.69, 9.17) is 18.9 Å². The second-order valence-electron chi connectivity index (χ2n) is 14.5. The molecule has 54 heavy (non-hydrogen) atoms. The van der Waals surface area contributed by atoms with Gasteiger partial charge in [0, 0.05) is 13.0 Å². The quantitative estimate of drug-likeness (QED) is 0.0281. The van der Waals surface area contributed by atoms with E-state index in [1.54, 1.807) is 6.08 Å². The summed E-state index contributed by atoms with van der Waals surface area (Å²) in [4.78, 5) is 36.4. The van der Waals surface area contributed by atoms with Crippen LogP contribution < -0.4 is 20.8 Å². The third-order valence-electron chi connectivity index (χ3n) is 10.1. The largest absolute Gasteiger partial charge is 0.494 e. The number of hydrogen-bond donors (Lipinski definition) is 4. The maximum Gasteiger partial charge on any atom is 0.243 e. The van der Waals surface area contributed by atoms with Crippen LogP contribution in [0.15, 0.2) is 65.3 Å². The van der Waals surface area contributed by atoms with Gasteiger partial charge in [-0.25, -0.2) is 5.43 Å². The summed E-state index contributed by atoms with van der Waals surface area (Å²) < 4.78 is 24.1. The Morgan fingerprint density at radius 3 is 2.54 bits per heavy atom. The number of halogens is 1. The third-order valence-corrected chi connectivity index (χ3v) is 10.6. The van der Waals surface area contributed by atoms with E-state index in [2.05, 4.69) is 50.1 Å². The van der Waals surface area contributed by atoms with Crippen LogP contribution in [0.1, 0.15) is 85.1 Å². The summed E-state index contributed by atoms with van der Waals surface area (Å²) in [5.74, 6) is 0.607. The number of amides is 3. The van der Waals surface area contributed by atoms with E-state index in [9.17, 15) is 19.5 Å². The minimum absolute atomic E-state index is 0.00568. The maximum atomic E-state index is 12.9. The van der Waals surface area contributed by atoms with E-state index in [0.29, 0.717) is 37.2 Å². The molecule has 0 aliphatic carbocycles. The molecule has 3 amide bonds. The lowest BCUT2D eigenvalue weighted by Gasteiger charge is -2.39. The van der Waals surface area contributed by atoms with Crippen molar-refractivity contribution in [2.75, 3.05) is 25.1 Å². The number of benzene rings is 1. The van der Waals surface area contributed by atoms with Crippen molar-refractivity contribution >= 4 is 39.4 Å². The highest BCUT2D eigenvalue weighted by Crippen LogP contribution is 2.43. The lowest BCUT2D eigenvalue weighted by atomic mass is 9.87. The van der Waals surface area contributed by atoms with Crippen LogP contribution in [0.3, 0.4) is 0 Å². The van der Waals surface area contributed by atoms with Gasteiger partial charge in [0.05, 0.1) is 55.0 Å². The lowest BCUT2D eigenvalue weighted by molar-refractivity contribution is -0.145. The van der Waals surface area contributed by atoms with Crippen molar-refractivity contribution in [1.29, 1.82) is 0 Å². The third kappa shape index (κ3) is 13.7. The molecule has 0 unspecified atom stereocenters. The topological polar surface area (TPSA) is 160 Å². The zero-order valence-corrected chi connectivity index (χ0v) is 33.8. The van der Waals surface area contributed by atoms with E-state index in [-0.39, 0.29) is 48.3 Å². The fourth-order valence-corrected chi connectivity index (χ4v) is 6.87. The Kier molecular flexibility index (Phi) is 17.4. The lowest BCUT2D eigenvalue weighted by Crippen LogP contribution is -2.50. The number of rotatable bonds is 19. The number of carbonyl (C=O) groups is 3. The Balaban J connectivity index is 1.21. The SMILES string of the molecule is C[CH]/C=C\C(=O)N[C@@H]1C[C@H](C)[C@H](C/C=C(C)/C=C/[C@H]2O[C@H](CC(=O)N/N=C(\C)c3ccc(OCCCCCNC(=O)CBr)cc3)C[C@@]3(CO3)[C@@H]2O)O[C@@H]1C. The molecule has 297 valence electrons. The predicted octanol–water partition coefficient (Wildman–Crippen LogP) is 5.24. The molecule has 3 saturated heterocycles. The number of carbonyl (C=O) groups excluding carboxylic acids is 3. The van der Waals surface area contributed by atoms with Crippen molar-refractivity contribution in [3.8, 4) is 5.75 Å². The Bertz CT molecular complexity index is 1510. The number of unbranched alkanes of at least 4 members (excludes halogenated alkanes) is 2. The zero-order valence-electron chi connectivity index (χ0n) is 32.2. The number of alkyl halides is 1. The van der Waals surface area contributed by atoms with E-state index in [1.165, 1.54) is 6.08 Å². The second-order valence-corrected chi connectivity index (χ2v) is 15.1. The molecule has 1 spiro atoms. The average Bonchev–Trinajstić information content (AvgIpc) is 3.93. The summed E-state index contributed by atoms with van der Waals surface area (Å²) >= 11 is 3.13. The van der Waals surface area contributed by atoms with Gasteiger partial charge in [-0.05, 0) is 101 Å². The molecule has 4 rings (SSSR count). The number of hydrazone groups is 1. The first-order chi connectivity index (χ1) is 25.9. The predicted molar refractivity (Wildman–Crippen MR) is 212 cm³/mol. The van der Waals surface area contributed by atoms with E-state index >= 15 is 0 Å². The van der Waals surface area contributed by atoms with Gasteiger partial charge in [0.2, 0.25) is 17.7 Å². The fraction of sp³-hybridized carbons (Fsp3) is 0.585. The number of nitrogens with zero attached hydrogens (tertiary/aromatic N) is 1. The molecule has 3 heterocycles. The second kappa shape index (κ2) is 21.7. The van der Waals surface area contributed by atoms with Gasteiger partial charge < -0.3 is 34.7 Å². The fourth-order valence-electron chi connectivity index (χ4n) is 6.67. The Morgan fingerprint density at radius 2 is 1.83 bits per heavy atom. The van der Waals surface area contributed by atoms with Crippen LogP contribution in [0, 0.1) is 12.3 Å². The van der Waals surface area contributed by atoms with E-state index in [0.717, 1.165) is 49.0 Å². The van der Waals surface area contributed by atoms with Crippen LogP contribution in [-0.4, -0.2) is 95.8 Å². The van der Waals surface area contributed by atoms with Crippen molar-refractivity contribution in [2.45, 2.75) is 122 Å². The van der Waals surface area contributed by atoms with Gasteiger partial charge in [-0.15, -0.1) is 0 Å². The van der Waals surface area contributed by atoms with Gasteiger partial charge in [-0.2, -0.15) is 5.10 Å². The van der Waals surface area contributed by atoms with Crippen LogP contribution in [0.2, 0.25) is 0 Å². The summed E-state index contributed by atoms with van der Waals surface area (Å²) in [5.41, 5.74) is 4.46. The zero-order chi connectivity index (χ0) is 39.1. The number of nitrogens with one attached hydrogen (secondary N) is 3. The molecular weight excluding hydrogens is 756 g/mol. The van der Waals surface area contributed by atoms with Crippen molar-refractivity contribution in [1.82, 2.24) is 16.1 Å². The van der Waals surface area contributed by atoms with Crippen LogP contribution in [0.5, 0.6) is 5.75 Å². The van der Waals surface area contributed by atoms with Crippen molar-refractivity contribution in [3.63, 3.8) is 0 Å². The first kappa shape index (κ1) is 43.4. The molecule has 3 fully saturated rings. The average molecular weight is 815 g/mol. The first-order valence-electron chi connectivity index (χ1n) is 19.1. The summed E-state index contributed by atoms with van der Waals surface area (Å²) in [6, 6.07) is 7.51. The van der Waals surface area contributed by atoms with Gasteiger partial charge in [-0.3, -0.25) is 14.4 Å². The van der Waals surface area contributed by atoms with Crippen molar-refractivity contribution in [2.24, 2.45) is 11.0 Å². The van der Waals surface area contributed by atoms with Crippen molar-refractivity contribution in [3.05, 3.63) is 72.2 Å². The summed E-state index contributed by atoms with van der Waals surface area (Å²) in [6.45, 7) is 11.5. The summed E-state index contributed by atoms with van der Waals surface area (Å²) in [6.07, 6.45) is 13.8. The molecule has 4 N–H and O–H groups in total. The van der Waals surface area contributed by atoms with Crippen LogP contribution >= 0.6 is 15.9 Å². The summed E-state index contributed by atoms with van der Waals surface area (Å²) in [5, 5.41) is 21.6. The molecule has 1 radical (unpaired) electrons. The minimum atomic E-state index is -0.842. The van der Waals surface area contributed by atoms with Gasteiger partial charge in [0.1, 0.15) is 23.6 Å². The number of allylic oxidation sites excluding steroid dienone is 3. The van der Waals surface area contributed by atoms with Gasteiger partial charge in [0.15, 0.2) is 0 Å². The highest BCUT2D eigenvalue weighted by Gasteiger charge is 2.58. The molecular formula is C41H58BrN4O8. The Morgan fingerprint density at radius 1 is 1.07 bits per heavy atom. The van der Waals surface area contributed by atoms with Gasteiger partial charge >= 0.3 is 0 Å². The minimum Gasteiger partial charge on any atom is -0.494 e. The molecule has 12 nitrogen and oxygen atoms in total. The highest BCUT2D eigenvalue weighted by molar-refractivity contribution is 9.09. The number of ether oxygens (including phenoxy) is 4. The molecule has 13 heteroatoms. The Labute approximate surface area is 328 Å². The first-order valence-corrected chi connectivity index (χ1v) is 20.2. The number of aliphatic hydroxyl groups excluding tert-OH is 1. The molecule has 0 bridgehead atoms. The molecule has 1 aromatic carbocycles. The molecule has 3 aliphatic rings. The van der Waals surface area contributed by atoms with Crippen LogP contribution in [-0.2, 0) is 28.6 Å². The summed E-state index contributed by atoms with van der Waals surface area (Å²) in [7, 11) is 0. The Hall–Kier alpha value is -3.36. The maximum absolute atomic E-state index is 12.9.